The molecule has 4 nitrogen and oxygen atoms in total. The molecule has 0 bridgehead atoms. The van der Waals surface area contributed by atoms with Crippen LogP contribution in [0, 0.1) is 6.92 Å². The van der Waals surface area contributed by atoms with Gasteiger partial charge in [-0.3, -0.25) is 4.98 Å². The SMILES string of the molecule is Cc1nccc2c(Nc3cc(-c4ccc(C(F)(F)F)cc4)ncn3)cccc12. The summed E-state index contributed by atoms with van der Waals surface area (Å²) in [5.74, 6) is 0.548. The monoisotopic (exact) mass is 380 g/mol. The van der Waals surface area contributed by atoms with Crippen LogP contribution in [0.1, 0.15) is 11.3 Å². The van der Waals surface area contributed by atoms with Crippen molar-refractivity contribution in [1.82, 2.24) is 15.0 Å². The van der Waals surface area contributed by atoms with Crippen LogP contribution in [-0.4, -0.2) is 15.0 Å². The molecule has 0 aliphatic heterocycles. The number of aromatic nitrogens is 3. The van der Waals surface area contributed by atoms with Gasteiger partial charge in [-0.15, -0.1) is 0 Å². The number of hydrogen-bond donors (Lipinski definition) is 1. The van der Waals surface area contributed by atoms with Crippen molar-refractivity contribution in [3.63, 3.8) is 0 Å². The molecule has 2 heterocycles. The maximum atomic E-state index is 12.7. The van der Waals surface area contributed by atoms with Crippen LogP contribution in [0.5, 0.6) is 0 Å². The highest BCUT2D eigenvalue weighted by atomic mass is 19.4. The highest BCUT2D eigenvalue weighted by molar-refractivity contribution is 5.96. The minimum Gasteiger partial charge on any atom is -0.340 e. The number of anilines is 2. The fourth-order valence-corrected chi connectivity index (χ4v) is 3.01. The third kappa shape index (κ3) is 3.51. The van der Waals surface area contributed by atoms with Gasteiger partial charge in [-0.1, -0.05) is 24.3 Å². The molecule has 0 aliphatic rings. The average Bonchev–Trinajstić information content (AvgIpc) is 2.69. The minimum absolute atomic E-state index is 0.532. The van der Waals surface area contributed by atoms with Gasteiger partial charge in [-0.05, 0) is 31.2 Å². The number of alkyl halides is 3. The number of halogens is 3. The molecular formula is C21H15F3N4. The molecule has 4 aromatic rings. The molecule has 0 aliphatic carbocycles. The molecule has 7 heteroatoms. The highest BCUT2D eigenvalue weighted by Gasteiger charge is 2.30. The topological polar surface area (TPSA) is 50.7 Å². The van der Waals surface area contributed by atoms with Crippen molar-refractivity contribution in [3.05, 3.63) is 78.4 Å². The number of rotatable bonds is 3. The second-order valence-electron chi connectivity index (χ2n) is 6.29. The van der Waals surface area contributed by atoms with Gasteiger partial charge in [-0.2, -0.15) is 13.2 Å². The molecule has 0 saturated carbocycles. The summed E-state index contributed by atoms with van der Waals surface area (Å²) in [4.78, 5) is 12.7. The molecule has 0 fully saturated rings. The number of pyridine rings is 1. The Bertz CT molecular complexity index is 1140. The molecule has 4 rings (SSSR count). The summed E-state index contributed by atoms with van der Waals surface area (Å²) in [5.41, 5.74) is 2.21. The van der Waals surface area contributed by atoms with Crippen molar-refractivity contribution in [2.45, 2.75) is 13.1 Å². The van der Waals surface area contributed by atoms with E-state index in [2.05, 4.69) is 20.3 Å². The van der Waals surface area contributed by atoms with Gasteiger partial charge in [0.2, 0.25) is 0 Å². The number of benzene rings is 2. The molecule has 140 valence electrons. The van der Waals surface area contributed by atoms with Gasteiger partial charge in [0.1, 0.15) is 12.1 Å². The Balaban J connectivity index is 1.66. The van der Waals surface area contributed by atoms with E-state index in [9.17, 15) is 13.2 Å². The van der Waals surface area contributed by atoms with Crippen molar-refractivity contribution >= 4 is 22.3 Å². The van der Waals surface area contributed by atoms with Crippen LogP contribution in [0.4, 0.5) is 24.7 Å². The van der Waals surface area contributed by atoms with Gasteiger partial charge in [0.15, 0.2) is 0 Å². The molecule has 0 saturated heterocycles. The lowest BCUT2D eigenvalue weighted by Gasteiger charge is -2.11. The minimum atomic E-state index is -4.36. The van der Waals surface area contributed by atoms with E-state index in [1.807, 2.05) is 31.2 Å². The lowest BCUT2D eigenvalue weighted by molar-refractivity contribution is -0.137. The second kappa shape index (κ2) is 6.92. The Hall–Kier alpha value is -3.48. The average molecular weight is 380 g/mol. The van der Waals surface area contributed by atoms with E-state index in [-0.39, 0.29) is 0 Å². The normalized spacial score (nSPS) is 11.6. The first-order valence-corrected chi connectivity index (χ1v) is 8.53. The Morgan fingerprint density at radius 1 is 0.857 bits per heavy atom. The summed E-state index contributed by atoms with van der Waals surface area (Å²) in [6.07, 6.45) is -1.23. The van der Waals surface area contributed by atoms with Crippen LogP contribution in [0.15, 0.2) is 67.1 Å². The zero-order valence-electron chi connectivity index (χ0n) is 14.8. The van der Waals surface area contributed by atoms with E-state index in [0.717, 1.165) is 34.3 Å². The molecule has 0 spiro atoms. The summed E-state index contributed by atoms with van der Waals surface area (Å²) < 4.78 is 38.2. The Labute approximate surface area is 159 Å². The van der Waals surface area contributed by atoms with Crippen molar-refractivity contribution in [2.75, 3.05) is 5.32 Å². The van der Waals surface area contributed by atoms with Crippen LogP contribution in [0.3, 0.4) is 0 Å². The number of hydrogen-bond acceptors (Lipinski definition) is 4. The second-order valence-corrected chi connectivity index (χ2v) is 6.29. The zero-order valence-corrected chi connectivity index (χ0v) is 14.8. The van der Waals surface area contributed by atoms with Crippen LogP contribution in [-0.2, 0) is 6.18 Å². The van der Waals surface area contributed by atoms with E-state index < -0.39 is 11.7 Å². The van der Waals surface area contributed by atoms with E-state index in [0.29, 0.717) is 17.1 Å². The maximum absolute atomic E-state index is 12.7. The lowest BCUT2D eigenvalue weighted by Crippen LogP contribution is -2.04. The predicted octanol–water partition coefficient (Wildman–Crippen LogP) is 5.76. The number of nitrogens with one attached hydrogen (secondary N) is 1. The van der Waals surface area contributed by atoms with E-state index in [1.165, 1.54) is 18.5 Å². The summed E-state index contributed by atoms with van der Waals surface area (Å²) in [5, 5.41) is 5.30. The first-order valence-electron chi connectivity index (χ1n) is 8.53. The first kappa shape index (κ1) is 17.9. The molecule has 0 amide bonds. The van der Waals surface area contributed by atoms with Gasteiger partial charge < -0.3 is 5.32 Å². The molecule has 2 aromatic heterocycles. The summed E-state index contributed by atoms with van der Waals surface area (Å²) in [7, 11) is 0. The standard InChI is InChI=1S/C21H15F3N4/c1-13-16-3-2-4-18(17(16)9-10-25-13)28-20-11-19(26-12-27-20)14-5-7-15(8-6-14)21(22,23)24/h2-12H,1H3,(H,26,27,28). The van der Waals surface area contributed by atoms with Crippen molar-refractivity contribution in [2.24, 2.45) is 0 Å². The van der Waals surface area contributed by atoms with E-state index in [4.69, 9.17) is 0 Å². The fraction of sp³-hybridized carbons (Fsp3) is 0.0952. The molecule has 1 N–H and O–H groups in total. The summed E-state index contributed by atoms with van der Waals surface area (Å²) in [6, 6.07) is 14.4. The highest BCUT2D eigenvalue weighted by Crippen LogP contribution is 2.31. The van der Waals surface area contributed by atoms with Crippen LogP contribution >= 0.6 is 0 Å². The van der Waals surface area contributed by atoms with Gasteiger partial charge >= 0.3 is 6.18 Å². The van der Waals surface area contributed by atoms with Crippen molar-refractivity contribution in [3.8, 4) is 11.3 Å². The van der Waals surface area contributed by atoms with Gasteiger partial charge in [0.25, 0.3) is 0 Å². The Kier molecular flexibility index (Phi) is 4.43. The summed E-state index contributed by atoms with van der Waals surface area (Å²) in [6.45, 7) is 1.94. The molecular weight excluding hydrogens is 365 g/mol. The molecule has 28 heavy (non-hydrogen) atoms. The fourth-order valence-electron chi connectivity index (χ4n) is 3.01. The quantitative estimate of drug-likeness (QED) is 0.491. The Morgan fingerprint density at radius 3 is 2.39 bits per heavy atom. The first-order chi connectivity index (χ1) is 13.4. The number of fused-ring (bicyclic) bond motifs is 1. The van der Waals surface area contributed by atoms with Crippen LogP contribution in [0.25, 0.3) is 22.0 Å². The largest absolute Gasteiger partial charge is 0.416 e. The molecule has 2 aromatic carbocycles. The van der Waals surface area contributed by atoms with Gasteiger partial charge in [0, 0.05) is 40.0 Å². The number of nitrogens with zero attached hydrogens (tertiary/aromatic N) is 3. The third-order valence-corrected chi connectivity index (χ3v) is 4.44. The van der Waals surface area contributed by atoms with Crippen LogP contribution in [0.2, 0.25) is 0 Å². The lowest BCUT2D eigenvalue weighted by atomic mass is 10.1. The number of aryl methyl sites for hydroxylation is 1. The Morgan fingerprint density at radius 2 is 1.64 bits per heavy atom. The van der Waals surface area contributed by atoms with Crippen LogP contribution < -0.4 is 5.32 Å². The van der Waals surface area contributed by atoms with Gasteiger partial charge in [0.05, 0.1) is 11.3 Å². The molecule has 0 radical (unpaired) electrons. The van der Waals surface area contributed by atoms with E-state index in [1.54, 1.807) is 12.3 Å². The van der Waals surface area contributed by atoms with Gasteiger partial charge in [-0.25, -0.2) is 9.97 Å². The van der Waals surface area contributed by atoms with Crippen molar-refractivity contribution in [1.29, 1.82) is 0 Å². The molecule has 0 unspecified atom stereocenters. The maximum Gasteiger partial charge on any atom is 0.416 e. The smallest absolute Gasteiger partial charge is 0.340 e. The molecule has 0 atom stereocenters. The van der Waals surface area contributed by atoms with Crippen molar-refractivity contribution < 1.29 is 13.2 Å². The summed E-state index contributed by atoms with van der Waals surface area (Å²) >= 11 is 0. The van der Waals surface area contributed by atoms with E-state index >= 15 is 0 Å². The zero-order chi connectivity index (χ0) is 19.7. The predicted molar refractivity (Wildman–Crippen MR) is 102 cm³/mol. The third-order valence-electron chi connectivity index (χ3n) is 4.44.